The van der Waals surface area contributed by atoms with Crippen molar-refractivity contribution in [1.82, 2.24) is 15.6 Å². The Balaban J connectivity index is 1.68. The van der Waals surface area contributed by atoms with E-state index in [4.69, 9.17) is 66.1 Å². The Hall–Kier alpha value is -7.12. The Kier molecular flexibility index (Phi) is 28.3. The van der Waals surface area contributed by atoms with Gasteiger partial charge in [-0.15, -0.1) is 0 Å². The van der Waals surface area contributed by atoms with Crippen LogP contribution in [-0.2, 0) is 82.5 Å². The minimum atomic E-state index is -2.25. The summed E-state index contributed by atoms with van der Waals surface area (Å²) in [6.07, 6.45) is -5.89. The van der Waals surface area contributed by atoms with Gasteiger partial charge in [0.25, 0.3) is 11.8 Å². The number of anilines is 1. The van der Waals surface area contributed by atoms with Crippen LogP contribution < -0.4 is 30.2 Å². The monoisotopic (exact) mass is 1220 g/mol. The number of carbonyl (C=O) groups excluding carboxylic acids is 8. The largest absolute Gasteiger partial charge is 0.493 e. The lowest BCUT2D eigenvalue weighted by atomic mass is 9.92. The van der Waals surface area contributed by atoms with E-state index in [1.54, 1.807) is 11.1 Å². The fraction of sp³-hybridized carbons (Fsp3) is 0.571. The van der Waals surface area contributed by atoms with Gasteiger partial charge in [-0.2, -0.15) is 0 Å². The standard InChI is InChI=1S/C56H81BN4O23Si/c1-14-20-76-46(65)16-15-21-75-45-30-42(40(29-44(45)71-10)52(67)61-31-34(2)27-39(61)33-79-85(12,13)56(6,7)8)59-55(69)77-32-38-17-18-43(41(28-38)51(66)58-19-22-73-23-24-74-25-26-78-60-57(9)70)83-54-50(82-37(5)64)48(81-36(4)63)47(80-35(3)62)49(84-54)53(68)72-11/h14,17-18,28-31,39,47-50,54,60,70H,1,15-16,19-27,32-33H2,2-13H3,(H,58,66)(H,59,69)/t39-,47-,48-,49-,50+,54+/m0/s1. The zero-order valence-corrected chi connectivity index (χ0v) is 51.4. The van der Waals surface area contributed by atoms with Crippen molar-refractivity contribution in [3.05, 3.63) is 71.5 Å². The number of benzene rings is 2. The van der Waals surface area contributed by atoms with Crippen molar-refractivity contribution in [1.29, 1.82) is 0 Å². The molecule has 0 aliphatic carbocycles. The molecule has 2 aliphatic heterocycles. The van der Waals surface area contributed by atoms with Gasteiger partial charge in [0.2, 0.25) is 12.4 Å². The first-order valence-electron chi connectivity index (χ1n) is 27.4. The van der Waals surface area contributed by atoms with Crippen molar-refractivity contribution in [3.63, 3.8) is 0 Å². The first-order valence-corrected chi connectivity index (χ1v) is 30.3. The van der Waals surface area contributed by atoms with Gasteiger partial charge < -0.3 is 81.3 Å². The van der Waals surface area contributed by atoms with Crippen LogP contribution in [0, 0.1) is 0 Å². The lowest BCUT2D eigenvalue weighted by molar-refractivity contribution is -0.282. The number of nitrogens with zero attached hydrogens (tertiary/aromatic N) is 1. The lowest BCUT2D eigenvalue weighted by Gasteiger charge is -2.43. The summed E-state index contributed by atoms with van der Waals surface area (Å²) in [5, 5.41) is 16.9. The summed E-state index contributed by atoms with van der Waals surface area (Å²) in [6.45, 7) is 21.0. The van der Waals surface area contributed by atoms with Gasteiger partial charge in [-0.05, 0) is 68.5 Å². The molecule has 0 saturated carbocycles. The highest BCUT2D eigenvalue weighted by Crippen LogP contribution is 2.40. The molecule has 0 radical (unpaired) electrons. The number of esters is 5. The second-order valence-corrected chi connectivity index (χ2v) is 25.8. The molecule has 1 saturated heterocycles. The third-order valence-corrected chi connectivity index (χ3v) is 17.6. The Morgan fingerprint density at radius 1 is 0.835 bits per heavy atom. The molecule has 4 N–H and O–H groups in total. The molecule has 85 heavy (non-hydrogen) atoms. The van der Waals surface area contributed by atoms with Crippen molar-refractivity contribution >= 4 is 68.8 Å². The highest BCUT2D eigenvalue weighted by atomic mass is 28.4. The van der Waals surface area contributed by atoms with E-state index in [0.29, 0.717) is 6.42 Å². The molecule has 0 spiro atoms. The number of hydrogen-bond donors (Lipinski definition) is 4. The normalized spacial score (nSPS) is 18.4. The topological polar surface area (TPSA) is 325 Å². The second kappa shape index (κ2) is 34.1. The smallest absolute Gasteiger partial charge is 0.411 e. The molecule has 2 aromatic rings. The number of methoxy groups -OCH3 is 2. The van der Waals surface area contributed by atoms with Crippen molar-refractivity contribution in [3.8, 4) is 17.2 Å². The lowest BCUT2D eigenvalue weighted by Crippen LogP contribution is -2.64. The highest BCUT2D eigenvalue weighted by molar-refractivity contribution is 6.74. The van der Waals surface area contributed by atoms with Gasteiger partial charge in [-0.25, -0.2) is 15.0 Å². The van der Waals surface area contributed by atoms with Gasteiger partial charge in [0, 0.05) is 46.0 Å². The van der Waals surface area contributed by atoms with Gasteiger partial charge in [0.15, 0.2) is 38.1 Å². The van der Waals surface area contributed by atoms with Gasteiger partial charge in [-0.3, -0.25) is 34.1 Å². The number of ether oxygens (including phenoxy) is 12. The zero-order valence-electron chi connectivity index (χ0n) is 50.4. The van der Waals surface area contributed by atoms with Crippen LogP contribution in [-0.4, -0.2) is 183 Å². The molecule has 470 valence electrons. The molecule has 4 rings (SSSR count). The third kappa shape index (κ3) is 22.4. The maximum atomic E-state index is 14.8. The summed E-state index contributed by atoms with van der Waals surface area (Å²) in [7, 11) is -0.706. The zero-order chi connectivity index (χ0) is 63.0. The van der Waals surface area contributed by atoms with E-state index in [-0.39, 0.29) is 123 Å². The molecule has 0 unspecified atom stereocenters. The third-order valence-electron chi connectivity index (χ3n) is 13.1. The molecule has 27 nitrogen and oxygen atoms in total. The minimum absolute atomic E-state index is 0.00335. The molecule has 0 bridgehead atoms. The van der Waals surface area contributed by atoms with Crippen molar-refractivity contribution in [2.45, 2.75) is 136 Å². The predicted molar refractivity (Wildman–Crippen MR) is 305 cm³/mol. The summed E-state index contributed by atoms with van der Waals surface area (Å²) >= 11 is 0. The second-order valence-electron chi connectivity index (χ2n) is 21.0. The maximum Gasteiger partial charge on any atom is 0.411 e. The summed E-state index contributed by atoms with van der Waals surface area (Å²) in [4.78, 5) is 112. The fourth-order valence-electron chi connectivity index (χ4n) is 8.10. The van der Waals surface area contributed by atoms with E-state index < -0.39 is 100 Å². The average Bonchev–Trinajstić information content (AvgIpc) is 3.87. The Bertz CT molecular complexity index is 2670. The van der Waals surface area contributed by atoms with Crippen molar-refractivity contribution in [2.24, 2.45) is 0 Å². The Morgan fingerprint density at radius 2 is 1.49 bits per heavy atom. The molecule has 0 aromatic heterocycles. The SMILES string of the molecule is C=CCOC(=O)CCCOc1cc(NC(=O)OCc2ccc(O[C@@H]3O[C@H](C(=O)OC)[C@@H](OC(C)=O)[C@H](OC(C)=O)[C@H]3OC(C)=O)c(C(=O)NCCOCCOCCONB(C)O)c2)c(C(=O)N2C=C(C)C[C@H]2CO[Si](C)(C)C(C)(C)C)cc1OC. The van der Waals surface area contributed by atoms with E-state index in [9.17, 15) is 43.4 Å². The van der Waals surface area contributed by atoms with Gasteiger partial charge in [0.1, 0.15) is 19.0 Å². The fourth-order valence-corrected chi connectivity index (χ4v) is 9.14. The van der Waals surface area contributed by atoms with E-state index in [1.807, 2.05) is 6.92 Å². The molecule has 2 aromatic carbocycles. The van der Waals surface area contributed by atoms with Crippen LogP contribution in [0.4, 0.5) is 10.5 Å². The van der Waals surface area contributed by atoms with Crippen LogP contribution >= 0.6 is 0 Å². The molecule has 2 aliphatic rings. The first kappa shape index (κ1) is 70.4. The van der Waals surface area contributed by atoms with Gasteiger partial charge in [-0.1, -0.05) is 45.1 Å². The quantitative estimate of drug-likeness (QED) is 0.0184. The summed E-state index contributed by atoms with van der Waals surface area (Å²) in [6, 6.07) is 6.46. The van der Waals surface area contributed by atoms with Crippen molar-refractivity contribution < 1.29 is 109 Å². The van der Waals surface area contributed by atoms with E-state index in [2.05, 4.69) is 56.5 Å². The molecule has 2 heterocycles. The number of rotatable bonds is 33. The Morgan fingerprint density at radius 3 is 2.13 bits per heavy atom. The van der Waals surface area contributed by atoms with Crippen LogP contribution in [0.1, 0.15) is 94.0 Å². The number of amides is 3. The van der Waals surface area contributed by atoms with E-state index in [0.717, 1.165) is 33.5 Å². The number of carbonyl (C=O) groups is 8. The summed E-state index contributed by atoms with van der Waals surface area (Å²) in [5.74, 6) is -5.60. The summed E-state index contributed by atoms with van der Waals surface area (Å²) < 4.78 is 73.6. The Labute approximate surface area is 496 Å². The minimum Gasteiger partial charge on any atom is -0.493 e. The van der Waals surface area contributed by atoms with Crippen LogP contribution in [0.15, 0.2) is 54.8 Å². The molecule has 29 heteroatoms. The number of nitrogens with one attached hydrogen (secondary N) is 3. The molecular weight excluding hydrogens is 1140 g/mol. The molecular formula is C56H81BN4O23Si. The summed E-state index contributed by atoms with van der Waals surface area (Å²) in [5.41, 5.74) is 0.889. The van der Waals surface area contributed by atoms with Gasteiger partial charge >= 0.3 is 43.0 Å². The number of hydrogen-bond acceptors (Lipinski definition) is 24. The maximum absolute atomic E-state index is 14.8. The predicted octanol–water partition coefficient (Wildman–Crippen LogP) is 4.94. The van der Waals surface area contributed by atoms with E-state index >= 15 is 0 Å². The van der Waals surface area contributed by atoms with Crippen LogP contribution in [0.5, 0.6) is 17.2 Å². The van der Waals surface area contributed by atoms with E-state index in [1.165, 1.54) is 50.3 Å². The molecule has 6 atom stereocenters. The molecule has 1 fully saturated rings. The highest BCUT2D eigenvalue weighted by Gasteiger charge is 2.56. The van der Waals surface area contributed by atoms with Crippen molar-refractivity contribution in [2.75, 3.05) is 78.9 Å². The van der Waals surface area contributed by atoms with Crippen LogP contribution in [0.3, 0.4) is 0 Å². The average molecular weight is 1220 g/mol. The van der Waals surface area contributed by atoms with Crippen LogP contribution in [0.25, 0.3) is 0 Å². The van der Waals surface area contributed by atoms with Crippen LogP contribution in [0.2, 0.25) is 25.0 Å². The first-order chi connectivity index (χ1) is 40.2. The molecule has 3 amide bonds. The van der Waals surface area contributed by atoms with Gasteiger partial charge in [0.05, 0.1) is 83.3 Å².